The molecule has 2 aromatic rings. The highest BCUT2D eigenvalue weighted by Gasteiger charge is 2.59. The summed E-state index contributed by atoms with van der Waals surface area (Å²) in [6.07, 6.45) is 2.63. The van der Waals surface area contributed by atoms with Gasteiger partial charge in [-0.2, -0.15) is 0 Å². The summed E-state index contributed by atoms with van der Waals surface area (Å²) in [4.78, 5) is 48.8. The van der Waals surface area contributed by atoms with Gasteiger partial charge in [0.05, 0.1) is 17.6 Å². The summed E-state index contributed by atoms with van der Waals surface area (Å²) in [5.74, 6) is -4.66. The molecule has 2 aliphatic heterocycles. The first-order valence-electron chi connectivity index (χ1n) is 9.95. The molecule has 4 rings (SSSR count). The van der Waals surface area contributed by atoms with Crippen LogP contribution in [0.25, 0.3) is 0 Å². The number of carbonyl (C=O) groups is 4. The smallest absolute Gasteiger partial charge is 0.310 e. The molecule has 2 heterocycles. The topological polar surface area (TPSA) is 134 Å². The van der Waals surface area contributed by atoms with Crippen LogP contribution in [0.5, 0.6) is 0 Å². The highest BCUT2D eigenvalue weighted by molar-refractivity contribution is 6.04. The molecule has 32 heavy (non-hydrogen) atoms. The van der Waals surface area contributed by atoms with Gasteiger partial charge in [0.25, 0.3) is 11.8 Å². The zero-order chi connectivity index (χ0) is 22.9. The van der Waals surface area contributed by atoms with Crippen LogP contribution in [-0.2, 0) is 14.3 Å². The first-order chi connectivity index (χ1) is 15.3. The van der Waals surface area contributed by atoms with Crippen molar-refractivity contribution in [2.45, 2.75) is 18.6 Å². The summed E-state index contributed by atoms with van der Waals surface area (Å²) in [5.41, 5.74) is 4.81. The minimum absolute atomic E-state index is 0.244. The molecule has 0 radical (unpaired) electrons. The van der Waals surface area contributed by atoms with Crippen LogP contribution in [0.4, 0.5) is 5.69 Å². The number of rotatable bonds is 5. The molecule has 2 bridgehead atoms. The maximum Gasteiger partial charge on any atom is 0.310 e. The lowest BCUT2D eigenvalue weighted by molar-refractivity contribution is -0.147. The molecule has 0 saturated carbocycles. The molecule has 0 spiro atoms. The molecule has 4 N–H and O–H groups in total. The summed E-state index contributed by atoms with van der Waals surface area (Å²) in [7, 11) is 0. The van der Waals surface area contributed by atoms with Crippen molar-refractivity contribution in [3.05, 3.63) is 77.9 Å². The van der Waals surface area contributed by atoms with Crippen LogP contribution >= 0.6 is 0 Å². The quantitative estimate of drug-likeness (QED) is 0.418. The Labute approximate surface area is 183 Å². The number of carboxylic acids is 1. The molecule has 0 aliphatic carbocycles. The fourth-order valence-electron chi connectivity index (χ4n) is 4.05. The van der Waals surface area contributed by atoms with E-state index in [4.69, 9.17) is 4.74 Å². The fraction of sp³-hybridized carbons (Fsp3) is 0.217. The number of hydrazine groups is 1. The van der Waals surface area contributed by atoms with Gasteiger partial charge in [0.1, 0.15) is 5.92 Å². The van der Waals surface area contributed by atoms with Crippen molar-refractivity contribution in [3.63, 3.8) is 0 Å². The minimum atomic E-state index is -1.14. The van der Waals surface area contributed by atoms with E-state index >= 15 is 0 Å². The number of hydrogen-bond acceptors (Lipinski definition) is 5. The Bertz CT molecular complexity index is 1100. The van der Waals surface area contributed by atoms with Gasteiger partial charge in [-0.1, -0.05) is 30.4 Å². The zero-order valence-electron chi connectivity index (χ0n) is 17.1. The van der Waals surface area contributed by atoms with E-state index in [1.807, 2.05) is 6.07 Å². The van der Waals surface area contributed by atoms with Crippen molar-refractivity contribution in [2.24, 2.45) is 11.8 Å². The number of carboxylic acid groups (broad SMARTS) is 1. The lowest BCUT2D eigenvalue weighted by Gasteiger charge is -2.27. The summed E-state index contributed by atoms with van der Waals surface area (Å²) in [5, 5.41) is 12.2. The number of ether oxygens (including phenoxy) is 1. The molecular formula is C23H21N3O6. The van der Waals surface area contributed by atoms with Gasteiger partial charge in [-0.25, -0.2) is 0 Å². The number of anilines is 1. The number of nitrogens with one attached hydrogen (secondary N) is 3. The normalized spacial score (nSPS) is 25.2. The number of hydrogen-bond donors (Lipinski definition) is 4. The minimum Gasteiger partial charge on any atom is -0.481 e. The molecule has 2 aromatic carbocycles. The predicted octanol–water partition coefficient (Wildman–Crippen LogP) is 1.74. The van der Waals surface area contributed by atoms with Gasteiger partial charge in [-0.15, -0.1) is 0 Å². The van der Waals surface area contributed by atoms with E-state index in [-0.39, 0.29) is 11.5 Å². The summed E-state index contributed by atoms with van der Waals surface area (Å²) in [6, 6.07) is 14.8. The molecule has 4 unspecified atom stereocenters. The zero-order valence-corrected chi connectivity index (χ0v) is 17.1. The third kappa shape index (κ3) is 3.97. The number of amides is 3. The van der Waals surface area contributed by atoms with Gasteiger partial charge >= 0.3 is 5.97 Å². The molecule has 9 heteroatoms. The van der Waals surface area contributed by atoms with Gasteiger partial charge in [0, 0.05) is 16.8 Å². The van der Waals surface area contributed by atoms with Crippen molar-refractivity contribution < 1.29 is 29.0 Å². The number of benzene rings is 2. The number of aliphatic carboxylic acids is 1. The van der Waals surface area contributed by atoms with E-state index < -0.39 is 41.3 Å². The molecule has 1 saturated heterocycles. The van der Waals surface area contributed by atoms with Crippen LogP contribution in [0.15, 0.2) is 66.7 Å². The average Bonchev–Trinajstić information content (AvgIpc) is 3.32. The van der Waals surface area contributed by atoms with Gasteiger partial charge < -0.3 is 15.2 Å². The highest BCUT2D eigenvalue weighted by atomic mass is 16.5. The Hall–Kier alpha value is -3.98. The molecule has 3 amide bonds. The van der Waals surface area contributed by atoms with Crippen molar-refractivity contribution >= 4 is 29.4 Å². The van der Waals surface area contributed by atoms with E-state index in [2.05, 4.69) is 16.2 Å². The number of carbonyl (C=O) groups excluding carboxylic acids is 3. The van der Waals surface area contributed by atoms with Crippen LogP contribution in [0, 0.1) is 11.8 Å². The SMILES string of the molecule is CC12C=CC(O1)C(C(=O)O)C2C(=O)NNC(=O)c1ccc(NC(=O)c2ccccc2)cc1. The lowest BCUT2D eigenvalue weighted by atomic mass is 9.76. The lowest BCUT2D eigenvalue weighted by Crippen LogP contribution is -2.52. The fourth-order valence-corrected chi connectivity index (χ4v) is 4.05. The summed E-state index contributed by atoms with van der Waals surface area (Å²) >= 11 is 0. The highest BCUT2D eigenvalue weighted by Crippen LogP contribution is 2.46. The maximum atomic E-state index is 12.7. The third-order valence-electron chi connectivity index (χ3n) is 5.65. The van der Waals surface area contributed by atoms with Crippen LogP contribution in [0.2, 0.25) is 0 Å². The Balaban J connectivity index is 1.35. The molecule has 2 aliphatic rings. The van der Waals surface area contributed by atoms with Crippen LogP contribution in [0.3, 0.4) is 0 Å². The van der Waals surface area contributed by atoms with Crippen molar-refractivity contribution in [2.75, 3.05) is 5.32 Å². The largest absolute Gasteiger partial charge is 0.481 e. The van der Waals surface area contributed by atoms with Gasteiger partial charge in [-0.3, -0.25) is 30.0 Å². The van der Waals surface area contributed by atoms with Crippen molar-refractivity contribution in [1.29, 1.82) is 0 Å². The monoisotopic (exact) mass is 435 g/mol. The molecule has 9 nitrogen and oxygen atoms in total. The maximum absolute atomic E-state index is 12.7. The van der Waals surface area contributed by atoms with E-state index in [1.165, 1.54) is 12.1 Å². The van der Waals surface area contributed by atoms with Crippen LogP contribution in [0.1, 0.15) is 27.6 Å². The number of fused-ring (bicyclic) bond motifs is 2. The Morgan fingerprint density at radius 3 is 2.22 bits per heavy atom. The van der Waals surface area contributed by atoms with Crippen molar-refractivity contribution in [3.8, 4) is 0 Å². The standard InChI is InChI=1S/C23H21N3O6/c1-23-12-11-16(32-23)17(22(30)31)18(23)21(29)26-25-20(28)14-7-9-15(10-8-14)24-19(27)13-5-3-2-4-6-13/h2-12,16-18H,1H3,(H,24,27)(H,25,28)(H,26,29)(H,30,31). The Morgan fingerprint density at radius 2 is 1.56 bits per heavy atom. The first-order valence-corrected chi connectivity index (χ1v) is 9.95. The van der Waals surface area contributed by atoms with E-state index in [1.54, 1.807) is 55.5 Å². The average molecular weight is 435 g/mol. The third-order valence-corrected chi connectivity index (χ3v) is 5.65. The predicted molar refractivity (Wildman–Crippen MR) is 113 cm³/mol. The second-order valence-corrected chi connectivity index (χ2v) is 7.81. The molecule has 0 aromatic heterocycles. The molecular weight excluding hydrogens is 414 g/mol. The van der Waals surface area contributed by atoms with Crippen molar-refractivity contribution in [1.82, 2.24) is 10.9 Å². The van der Waals surface area contributed by atoms with E-state index in [9.17, 15) is 24.3 Å². The first kappa shape index (κ1) is 21.3. The van der Waals surface area contributed by atoms with Gasteiger partial charge in [0.15, 0.2) is 0 Å². The molecule has 4 atom stereocenters. The summed E-state index contributed by atoms with van der Waals surface area (Å²) < 4.78 is 5.64. The Morgan fingerprint density at radius 1 is 0.906 bits per heavy atom. The van der Waals surface area contributed by atoms with Gasteiger partial charge in [0.2, 0.25) is 5.91 Å². The molecule has 1 fully saturated rings. The second kappa shape index (κ2) is 8.27. The second-order valence-electron chi connectivity index (χ2n) is 7.81. The summed E-state index contributed by atoms with van der Waals surface area (Å²) in [6.45, 7) is 1.64. The molecule has 164 valence electrons. The van der Waals surface area contributed by atoms with E-state index in [0.717, 1.165) is 0 Å². The van der Waals surface area contributed by atoms with Crippen LogP contribution < -0.4 is 16.2 Å². The van der Waals surface area contributed by atoms with Gasteiger partial charge in [-0.05, 0) is 43.3 Å². The Kier molecular flexibility index (Phi) is 5.50. The van der Waals surface area contributed by atoms with Crippen LogP contribution in [-0.4, -0.2) is 40.5 Å². The van der Waals surface area contributed by atoms with E-state index in [0.29, 0.717) is 11.3 Å².